The van der Waals surface area contributed by atoms with Gasteiger partial charge in [0.1, 0.15) is 5.82 Å². The molecule has 22 heavy (non-hydrogen) atoms. The van der Waals surface area contributed by atoms with Gasteiger partial charge in [0.2, 0.25) is 0 Å². The summed E-state index contributed by atoms with van der Waals surface area (Å²) in [5.41, 5.74) is 0.785. The molecule has 1 unspecified atom stereocenters. The van der Waals surface area contributed by atoms with Crippen LogP contribution in [0.25, 0.3) is 0 Å². The van der Waals surface area contributed by atoms with Crippen molar-refractivity contribution < 1.29 is 13.9 Å². The van der Waals surface area contributed by atoms with Crippen LogP contribution in [0.5, 0.6) is 0 Å². The number of benzene rings is 1. The molecule has 0 aliphatic rings. The first-order chi connectivity index (χ1) is 10.1. The third-order valence-corrected chi connectivity index (χ3v) is 2.83. The largest absolute Gasteiger partial charge is 0.469 e. The molecule has 1 atom stereocenters. The minimum Gasteiger partial charge on any atom is -0.469 e. The lowest BCUT2D eigenvalue weighted by atomic mass is 10.2. The maximum absolute atomic E-state index is 13.1. The SMILES string of the molecule is CCNC(=NCc1cccc(F)c1)NCC(C)C(=O)OC.I. The molecule has 0 amide bonds. The van der Waals surface area contributed by atoms with Crippen molar-refractivity contribution in [3.05, 3.63) is 35.6 Å². The van der Waals surface area contributed by atoms with E-state index in [-0.39, 0.29) is 41.7 Å². The molecule has 124 valence electrons. The van der Waals surface area contributed by atoms with E-state index >= 15 is 0 Å². The Hall–Kier alpha value is -1.38. The number of ether oxygens (including phenoxy) is 1. The number of aliphatic imine (C=N–C) groups is 1. The van der Waals surface area contributed by atoms with Crippen molar-refractivity contribution in [1.29, 1.82) is 0 Å². The van der Waals surface area contributed by atoms with E-state index in [0.29, 0.717) is 25.6 Å². The van der Waals surface area contributed by atoms with Gasteiger partial charge in [0.25, 0.3) is 0 Å². The van der Waals surface area contributed by atoms with Crippen molar-refractivity contribution in [3.63, 3.8) is 0 Å². The van der Waals surface area contributed by atoms with Gasteiger partial charge in [-0.05, 0) is 24.6 Å². The quantitative estimate of drug-likeness (QED) is 0.319. The van der Waals surface area contributed by atoms with Crippen LogP contribution in [0, 0.1) is 11.7 Å². The number of carbonyl (C=O) groups excluding carboxylic acids is 1. The van der Waals surface area contributed by atoms with E-state index in [2.05, 4.69) is 20.4 Å². The second kappa shape index (κ2) is 11.2. The van der Waals surface area contributed by atoms with Gasteiger partial charge in [-0.25, -0.2) is 9.38 Å². The first kappa shape index (κ1) is 20.6. The summed E-state index contributed by atoms with van der Waals surface area (Å²) in [6.07, 6.45) is 0. The Labute approximate surface area is 147 Å². The summed E-state index contributed by atoms with van der Waals surface area (Å²) in [5, 5.41) is 6.14. The van der Waals surface area contributed by atoms with Gasteiger partial charge in [-0.3, -0.25) is 4.79 Å². The van der Waals surface area contributed by atoms with E-state index < -0.39 is 0 Å². The molecule has 0 bridgehead atoms. The third-order valence-electron chi connectivity index (χ3n) is 2.83. The number of methoxy groups -OCH3 is 1. The zero-order chi connectivity index (χ0) is 15.7. The lowest BCUT2D eigenvalue weighted by Gasteiger charge is -2.14. The molecule has 0 aliphatic heterocycles. The van der Waals surface area contributed by atoms with E-state index in [1.54, 1.807) is 13.0 Å². The molecule has 1 aromatic rings. The maximum Gasteiger partial charge on any atom is 0.310 e. The Balaban J connectivity index is 0.00000441. The van der Waals surface area contributed by atoms with Crippen molar-refractivity contribution >= 4 is 35.9 Å². The summed E-state index contributed by atoms with van der Waals surface area (Å²) in [6.45, 7) is 5.20. The highest BCUT2D eigenvalue weighted by Gasteiger charge is 2.13. The summed E-state index contributed by atoms with van der Waals surface area (Å²) in [7, 11) is 1.36. The lowest BCUT2D eigenvalue weighted by molar-refractivity contribution is -0.144. The average molecular weight is 423 g/mol. The van der Waals surface area contributed by atoms with E-state index in [9.17, 15) is 9.18 Å². The topological polar surface area (TPSA) is 62.7 Å². The van der Waals surface area contributed by atoms with Gasteiger partial charge in [0.05, 0.1) is 19.6 Å². The third kappa shape index (κ3) is 7.58. The van der Waals surface area contributed by atoms with Crippen molar-refractivity contribution in [2.45, 2.75) is 20.4 Å². The molecule has 0 radical (unpaired) electrons. The van der Waals surface area contributed by atoms with Crippen LogP contribution < -0.4 is 10.6 Å². The monoisotopic (exact) mass is 423 g/mol. The van der Waals surface area contributed by atoms with E-state index in [1.165, 1.54) is 19.2 Å². The number of rotatable bonds is 6. The summed E-state index contributed by atoms with van der Waals surface area (Å²) < 4.78 is 17.8. The zero-order valence-electron chi connectivity index (χ0n) is 13.1. The van der Waals surface area contributed by atoms with Crippen molar-refractivity contribution in [2.75, 3.05) is 20.2 Å². The molecular formula is C15H23FIN3O2. The molecule has 2 N–H and O–H groups in total. The van der Waals surface area contributed by atoms with E-state index in [4.69, 9.17) is 0 Å². The molecule has 5 nitrogen and oxygen atoms in total. The number of halogens is 2. The van der Waals surface area contributed by atoms with Gasteiger partial charge in [-0.1, -0.05) is 19.1 Å². The Morgan fingerprint density at radius 1 is 1.41 bits per heavy atom. The van der Waals surface area contributed by atoms with E-state index in [1.807, 2.05) is 13.0 Å². The molecule has 0 fully saturated rings. The molecule has 1 rings (SSSR count). The molecular weight excluding hydrogens is 400 g/mol. The Morgan fingerprint density at radius 2 is 2.14 bits per heavy atom. The minimum atomic E-state index is -0.278. The smallest absolute Gasteiger partial charge is 0.310 e. The number of nitrogens with zero attached hydrogens (tertiary/aromatic N) is 1. The number of nitrogens with one attached hydrogen (secondary N) is 2. The van der Waals surface area contributed by atoms with Crippen LogP contribution >= 0.6 is 24.0 Å². The number of esters is 1. The fourth-order valence-corrected chi connectivity index (χ4v) is 1.68. The second-order valence-corrected chi connectivity index (χ2v) is 4.63. The fourth-order valence-electron chi connectivity index (χ4n) is 1.68. The first-order valence-electron chi connectivity index (χ1n) is 6.91. The molecule has 0 aromatic heterocycles. The summed E-state index contributed by atoms with van der Waals surface area (Å²) in [6, 6.07) is 6.31. The van der Waals surface area contributed by atoms with Crippen LogP contribution in [-0.4, -0.2) is 32.1 Å². The summed E-state index contributed by atoms with van der Waals surface area (Å²) in [5.74, 6) is -0.242. The number of guanidine groups is 1. The Kier molecular flexibility index (Phi) is 10.5. The minimum absolute atomic E-state index is 0. The molecule has 7 heteroatoms. The highest BCUT2D eigenvalue weighted by molar-refractivity contribution is 14.0. The maximum atomic E-state index is 13.1. The molecule has 0 spiro atoms. The van der Waals surface area contributed by atoms with Crippen molar-refractivity contribution in [2.24, 2.45) is 10.9 Å². The van der Waals surface area contributed by atoms with Gasteiger partial charge >= 0.3 is 5.97 Å². The summed E-state index contributed by atoms with van der Waals surface area (Å²) >= 11 is 0. The summed E-state index contributed by atoms with van der Waals surface area (Å²) in [4.78, 5) is 15.7. The Bertz CT molecular complexity index is 497. The highest BCUT2D eigenvalue weighted by atomic mass is 127. The van der Waals surface area contributed by atoms with Gasteiger partial charge in [0, 0.05) is 13.1 Å². The van der Waals surface area contributed by atoms with Crippen LogP contribution in [0.3, 0.4) is 0 Å². The van der Waals surface area contributed by atoms with Gasteiger partial charge in [-0.15, -0.1) is 24.0 Å². The van der Waals surface area contributed by atoms with Crippen molar-refractivity contribution in [1.82, 2.24) is 10.6 Å². The van der Waals surface area contributed by atoms with Crippen LogP contribution in [0.4, 0.5) is 4.39 Å². The number of hydrogen-bond donors (Lipinski definition) is 2. The molecule has 0 aliphatic carbocycles. The van der Waals surface area contributed by atoms with Crippen LogP contribution in [0.15, 0.2) is 29.3 Å². The second-order valence-electron chi connectivity index (χ2n) is 4.63. The van der Waals surface area contributed by atoms with Gasteiger partial charge in [-0.2, -0.15) is 0 Å². The molecule has 0 heterocycles. The lowest BCUT2D eigenvalue weighted by Crippen LogP contribution is -2.40. The van der Waals surface area contributed by atoms with Crippen molar-refractivity contribution in [3.8, 4) is 0 Å². The first-order valence-corrected chi connectivity index (χ1v) is 6.91. The van der Waals surface area contributed by atoms with Crippen LogP contribution in [0.1, 0.15) is 19.4 Å². The van der Waals surface area contributed by atoms with Gasteiger partial charge < -0.3 is 15.4 Å². The van der Waals surface area contributed by atoms with Crippen LogP contribution in [-0.2, 0) is 16.1 Å². The number of hydrogen-bond acceptors (Lipinski definition) is 3. The predicted octanol–water partition coefficient (Wildman–Crippen LogP) is 2.31. The van der Waals surface area contributed by atoms with E-state index in [0.717, 1.165) is 5.56 Å². The zero-order valence-corrected chi connectivity index (χ0v) is 15.4. The fraction of sp³-hybridized carbons (Fsp3) is 0.467. The predicted molar refractivity (Wildman–Crippen MR) is 95.8 cm³/mol. The molecule has 1 aromatic carbocycles. The normalized spacial score (nSPS) is 12.1. The molecule has 0 saturated carbocycles. The van der Waals surface area contributed by atoms with Gasteiger partial charge in [0.15, 0.2) is 5.96 Å². The van der Waals surface area contributed by atoms with Crippen LogP contribution in [0.2, 0.25) is 0 Å². The number of carbonyl (C=O) groups is 1. The Morgan fingerprint density at radius 3 is 2.73 bits per heavy atom. The highest BCUT2D eigenvalue weighted by Crippen LogP contribution is 2.04. The molecule has 0 saturated heterocycles. The standard InChI is InChI=1S/C15H22FN3O2.HI/c1-4-17-15(18-9-11(2)14(20)21-3)19-10-12-6-5-7-13(16)8-12;/h5-8,11H,4,9-10H2,1-3H3,(H2,17,18,19);1H. The average Bonchev–Trinajstić information content (AvgIpc) is 2.49.